The van der Waals surface area contributed by atoms with Gasteiger partial charge < -0.3 is 14.8 Å². The van der Waals surface area contributed by atoms with Gasteiger partial charge in [-0.05, 0) is 66.1 Å². The second kappa shape index (κ2) is 12.5. The number of hydrogen-bond donors (Lipinski definition) is 2. The van der Waals surface area contributed by atoms with E-state index in [9.17, 15) is 9.90 Å². The first kappa shape index (κ1) is 30.3. The minimum Gasteiger partial charge on any atom is -0.396 e. The van der Waals surface area contributed by atoms with Crippen LogP contribution in [0, 0.1) is 5.92 Å². The summed E-state index contributed by atoms with van der Waals surface area (Å²) in [6.45, 7) is 13.4. The van der Waals surface area contributed by atoms with Gasteiger partial charge in [-0.1, -0.05) is 73.6 Å². The number of nitrogens with zero attached hydrogens (tertiary/aromatic N) is 2. The van der Waals surface area contributed by atoms with Crippen LogP contribution in [0.4, 0.5) is 5.82 Å². The normalized spacial score (nSPS) is 18.7. The number of thiophene rings is 1. The number of ketones is 1. The van der Waals surface area contributed by atoms with Gasteiger partial charge in [0.2, 0.25) is 14.1 Å². The molecule has 0 amide bonds. The minimum absolute atomic E-state index is 0.0296. The van der Waals surface area contributed by atoms with E-state index in [1.165, 1.54) is 55.3 Å². The molecule has 2 saturated carbocycles. The predicted molar refractivity (Wildman–Crippen MR) is 163 cm³/mol. The molecule has 0 spiro atoms. The Kier molecular flexibility index (Phi) is 9.72. The molecular weight excluding hydrogens is 523 g/mol. The van der Waals surface area contributed by atoms with Crippen LogP contribution in [0.1, 0.15) is 120 Å². The van der Waals surface area contributed by atoms with Gasteiger partial charge in [-0.3, -0.25) is 4.79 Å². The maximum atomic E-state index is 13.8. The van der Waals surface area contributed by atoms with Crippen LogP contribution in [0.2, 0.25) is 16.1 Å². The highest BCUT2D eigenvalue weighted by molar-refractivity contribution is 7.12. The molecule has 0 saturated heterocycles. The minimum atomic E-state index is -2.53. The van der Waals surface area contributed by atoms with Gasteiger partial charge in [-0.25, -0.2) is 9.97 Å². The van der Waals surface area contributed by atoms with Gasteiger partial charge in [-0.15, -0.1) is 11.3 Å². The van der Waals surface area contributed by atoms with Gasteiger partial charge in [0, 0.05) is 17.8 Å². The number of aliphatic hydroxyl groups is 1. The van der Waals surface area contributed by atoms with Crippen molar-refractivity contribution in [2.45, 2.75) is 128 Å². The van der Waals surface area contributed by atoms with Crippen molar-refractivity contribution < 1.29 is 14.3 Å². The summed E-state index contributed by atoms with van der Waals surface area (Å²) in [6.07, 6.45) is 14.6. The molecule has 2 N–H and O–H groups in total. The molecule has 6 nitrogen and oxygen atoms in total. The van der Waals surface area contributed by atoms with Crippen molar-refractivity contribution in [1.29, 1.82) is 0 Å². The molecule has 39 heavy (non-hydrogen) atoms. The lowest BCUT2D eigenvalue weighted by atomic mass is 9.85. The summed E-state index contributed by atoms with van der Waals surface area (Å²) >= 11 is 1.53. The van der Waals surface area contributed by atoms with Crippen LogP contribution >= 0.6 is 11.3 Å². The zero-order valence-electron chi connectivity index (χ0n) is 24.9. The maximum Gasteiger partial charge on any atom is 0.208 e. The zero-order chi connectivity index (χ0) is 28.3. The summed E-state index contributed by atoms with van der Waals surface area (Å²) in [5.74, 6) is 1.26. The van der Waals surface area contributed by atoms with Crippen LogP contribution in [0.25, 0.3) is 0 Å². The standard InChI is InChI=1S/C31H49N3O3SSi/c1-22(2)39(23(3)4,30(5,6)20-35)37-31(14-10-11-15-31)34-29-26(18-32-21-33-29)28(36)27-17-25(19-38-27)16-24-12-8-7-9-13-24/h17-19,21-24,35H,7-16,20H2,1-6H3,(H,32,33,34). The number of carbonyl (C=O) groups excluding carboxylic acids is 1. The lowest BCUT2D eigenvalue weighted by molar-refractivity contribution is 0.0703. The average Bonchev–Trinajstić information content (AvgIpc) is 3.57. The van der Waals surface area contributed by atoms with Crippen LogP contribution in [0.5, 0.6) is 0 Å². The summed E-state index contributed by atoms with van der Waals surface area (Å²) in [5, 5.41) is 16.0. The molecule has 0 bridgehead atoms. The summed E-state index contributed by atoms with van der Waals surface area (Å²) < 4.78 is 7.40. The fourth-order valence-electron chi connectivity index (χ4n) is 7.52. The first-order chi connectivity index (χ1) is 18.5. The van der Waals surface area contributed by atoms with Gasteiger partial charge in [-0.2, -0.15) is 0 Å². The van der Waals surface area contributed by atoms with E-state index < -0.39 is 14.0 Å². The predicted octanol–water partition coefficient (Wildman–Crippen LogP) is 8.13. The lowest BCUT2D eigenvalue weighted by Crippen LogP contribution is -2.61. The average molecular weight is 572 g/mol. The van der Waals surface area contributed by atoms with E-state index in [1.807, 2.05) is 0 Å². The third-order valence-electron chi connectivity index (χ3n) is 9.37. The van der Waals surface area contributed by atoms with E-state index in [1.54, 1.807) is 6.20 Å². The third-order valence-corrected chi connectivity index (χ3v) is 16.8. The lowest BCUT2D eigenvalue weighted by Gasteiger charge is -2.53. The van der Waals surface area contributed by atoms with Crippen LogP contribution in [-0.2, 0) is 10.8 Å². The van der Waals surface area contributed by atoms with E-state index in [0.29, 0.717) is 22.5 Å². The number of aromatic nitrogens is 2. The number of aliphatic hydroxyl groups excluding tert-OH is 1. The highest BCUT2D eigenvalue weighted by Gasteiger charge is 2.58. The van der Waals surface area contributed by atoms with E-state index in [-0.39, 0.29) is 17.4 Å². The Morgan fingerprint density at radius 3 is 2.44 bits per heavy atom. The SMILES string of the molecule is CC(C)[Si](OC1(Nc2ncncc2C(=O)c2cc(CC3CCCCC3)cs2)CCCC1)(C(C)C)C(C)(C)CO. The molecule has 0 radical (unpaired) electrons. The quantitative estimate of drug-likeness (QED) is 0.152. The molecule has 2 aliphatic rings. The molecule has 216 valence electrons. The van der Waals surface area contributed by atoms with Crippen LogP contribution in [-0.4, -0.2) is 41.5 Å². The highest BCUT2D eigenvalue weighted by atomic mass is 32.1. The monoisotopic (exact) mass is 571 g/mol. The Morgan fingerprint density at radius 1 is 1.15 bits per heavy atom. The summed E-state index contributed by atoms with van der Waals surface area (Å²) in [6, 6.07) is 2.08. The zero-order valence-corrected chi connectivity index (χ0v) is 26.7. The molecule has 2 aliphatic carbocycles. The van der Waals surface area contributed by atoms with Crippen molar-refractivity contribution in [3.05, 3.63) is 40.0 Å². The molecule has 2 heterocycles. The molecule has 8 heteroatoms. The van der Waals surface area contributed by atoms with E-state index >= 15 is 0 Å². The molecule has 4 rings (SSSR count). The second-order valence-corrected chi connectivity index (χ2v) is 19.6. The van der Waals surface area contributed by atoms with Crippen molar-refractivity contribution in [2.24, 2.45) is 5.92 Å². The van der Waals surface area contributed by atoms with Crippen molar-refractivity contribution in [1.82, 2.24) is 9.97 Å². The molecule has 0 unspecified atom stereocenters. The van der Waals surface area contributed by atoms with Crippen molar-refractivity contribution >= 4 is 31.3 Å². The molecule has 2 fully saturated rings. The molecule has 0 aliphatic heterocycles. The molecule has 0 aromatic carbocycles. The largest absolute Gasteiger partial charge is 0.396 e. The number of nitrogens with one attached hydrogen (secondary N) is 1. The fourth-order valence-corrected chi connectivity index (χ4v) is 14.8. The first-order valence-electron chi connectivity index (χ1n) is 15.0. The van der Waals surface area contributed by atoms with Crippen LogP contribution < -0.4 is 5.32 Å². The third kappa shape index (κ3) is 6.34. The Labute approximate surface area is 240 Å². The topological polar surface area (TPSA) is 84.3 Å². The van der Waals surface area contributed by atoms with E-state index in [0.717, 1.165) is 42.9 Å². The number of rotatable bonds is 12. The van der Waals surface area contributed by atoms with Crippen molar-refractivity contribution in [2.75, 3.05) is 11.9 Å². The van der Waals surface area contributed by atoms with Gasteiger partial charge in [0.15, 0.2) is 0 Å². The molecule has 2 aromatic heterocycles. The van der Waals surface area contributed by atoms with Crippen molar-refractivity contribution in [3.8, 4) is 0 Å². The Bertz CT molecular complexity index is 1100. The molecule has 2 aromatic rings. The van der Waals surface area contributed by atoms with Crippen LogP contribution in [0.3, 0.4) is 0 Å². The van der Waals surface area contributed by atoms with Gasteiger partial charge >= 0.3 is 0 Å². The highest BCUT2D eigenvalue weighted by Crippen LogP contribution is 2.54. The maximum absolute atomic E-state index is 13.8. The summed E-state index contributed by atoms with van der Waals surface area (Å²) in [4.78, 5) is 23.4. The Balaban J connectivity index is 1.61. The van der Waals surface area contributed by atoms with E-state index in [2.05, 4.69) is 68.3 Å². The Hall–Kier alpha value is -1.61. The Morgan fingerprint density at radius 2 is 1.82 bits per heavy atom. The van der Waals surface area contributed by atoms with E-state index in [4.69, 9.17) is 4.43 Å². The van der Waals surface area contributed by atoms with Gasteiger partial charge in [0.25, 0.3) is 0 Å². The fraction of sp³-hybridized carbons (Fsp3) is 0.710. The molecule has 0 atom stereocenters. The van der Waals surface area contributed by atoms with Crippen molar-refractivity contribution in [3.63, 3.8) is 0 Å². The summed E-state index contributed by atoms with van der Waals surface area (Å²) in [7, 11) is -2.53. The number of anilines is 1. The number of carbonyl (C=O) groups is 1. The summed E-state index contributed by atoms with van der Waals surface area (Å²) in [5.41, 5.74) is 1.77. The van der Waals surface area contributed by atoms with Crippen LogP contribution in [0.15, 0.2) is 24.0 Å². The smallest absolute Gasteiger partial charge is 0.208 e. The number of hydrogen-bond acceptors (Lipinski definition) is 7. The van der Waals surface area contributed by atoms with Gasteiger partial charge in [0.1, 0.15) is 17.9 Å². The van der Waals surface area contributed by atoms with Gasteiger partial charge in [0.05, 0.1) is 10.4 Å². The first-order valence-corrected chi connectivity index (χ1v) is 18.0. The second-order valence-electron chi connectivity index (χ2n) is 13.2. The molecular formula is C31H49N3O3SSi.